The number of hydrogen-bond donors (Lipinski definition) is 2. The van der Waals surface area contributed by atoms with Crippen LogP contribution < -0.4 is 5.32 Å². The van der Waals surface area contributed by atoms with Crippen LogP contribution in [0.5, 0.6) is 0 Å². The van der Waals surface area contributed by atoms with Gasteiger partial charge in [-0.1, -0.05) is 0 Å². The van der Waals surface area contributed by atoms with Gasteiger partial charge in [0.2, 0.25) is 5.91 Å². The molecule has 1 amide bonds. The zero-order valence-corrected chi connectivity index (χ0v) is 8.85. The molecule has 2 aliphatic carbocycles. The lowest BCUT2D eigenvalue weighted by molar-refractivity contribution is -0.130. The second-order valence-electron chi connectivity index (χ2n) is 5.02. The molecule has 0 aromatic rings. The van der Waals surface area contributed by atoms with Gasteiger partial charge in [0, 0.05) is 18.6 Å². The fraction of sp³-hybridized carbons (Fsp3) is 0.909. The van der Waals surface area contributed by atoms with Crippen LogP contribution in [0.25, 0.3) is 0 Å². The van der Waals surface area contributed by atoms with Gasteiger partial charge in [-0.25, -0.2) is 0 Å². The minimum absolute atomic E-state index is 0.0226. The molecule has 0 aromatic carbocycles. The van der Waals surface area contributed by atoms with E-state index in [9.17, 15) is 9.90 Å². The Balaban J connectivity index is 1.56. The minimum atomic E-state index is -0.229. The zero-order valence-electron chi connectivity index (χ0n) is 8.85. The Morgan fingerprint density at radius 1 is 1.20 bits per heavy atom. The summed E-state index contributed by atoms with van der Waals surface area (Å²) in [6.07, 6.45) is 4.94. The number of carbonyl (C=O) groups is 1. The third kappa shape index (κ3) is 1.66. The first-order valence-corrected chi connectivity index (χ1v) is 6.00. The largest absolute Gasteiger partial charge is 0.392 e. The van der Waals surface area contributed by atoms with E-state index in [0.29, 0.717) is 6.04 Å². The molecule has 15 heavy (non-hydrogen) atoms. The quantitative estimate of drug-likeness (QED) is 0.682. The number of aliphatic hydroxyl groups is 1. The third-order valence-corrected chi connectivity index (χ3v) is 3.88. The molecule has 3 fully saturated rings. The molecule has 0 radical (unpaired) electrons. The minimum Gasteiger partial charge on any atom is -0.392 e. The summed E-state index contributed by atoms with van der Waals surface area (Å²) in [6, 6.07) is 0.680. The Morgan fingerprint density at radius 2 is 2.00 bits per heavy atom. The number of carbonyl (C=O) groups excluding carboxylic acids is 1. The average Bonchev–Trinajstić information content (AvgIpc) is 2.99. The van der Waals surface area contributed by atoms with Gasteiger partial charge in [0.1, 0.15) is 0 Å². The summed E-state index contributed by atoms with van der Waals surface area (Å²) in [7, 11) is 0. The molecule has 3 atom stereocenters. The van der Waals surface area contributed by atoms with Crippen molar-refractivity contribution < 1.29 is 9.90 Å². The molecule has 4 nitrogen and oxygen atoms in total. The molecular weight excluding hydrogens is 192 g/mol. The molecule has 1 saturated heterocycles. The molecule has 0 aromatic heterocycles. The van der Waals surface area contributed by atoms with E-state index in [4.69, 9.17) is 0 Å². The monoisotopic (exact) mass is 210 g/mol. The van der Waals surface area contributed by atoms with E-state index in [2.05, 4.69) is 5.32 Å². The van der Waals surface area contributed by atoms with Gasteiger partial charge in [0.15, 0.2) is 0 Å². The van der Waals surface area contributed by atoms with E-state index < -0.39 is 0 Å². The van der Waals surface area contributed by atoms with E-state index in [1.54, 1.807) is 0 Å². The van der Waals surface area contributed by atoms with E-state index in [-0.39, 0.29) is 24.1 Å². The van der Waals surface area contributed by atoms with Crippen LogP contribution in [0.3, 0.4) is 0 Å². The molecule has 0 bridgehead atoms. The van der Waals surface area contributed by atoms with Crippen molar-refractivity contribution in [2.24, 2.45) is 0 Å². The number of aliphatic hydroxyl groups excluding tert-OH is 1. The fourth-order valence-electron chi connectivity index (χ4n) is 2.54. The van der Waals surface area contributed by atoms with Crippen LogP contribution in [0.15, 0.2) is 0 Å². The maximum atomic E-state index is 12.0. The highest BCUT2D eigenvalue weighted by Crippen LogP contribution is 2.31. The lowest BCUT2D eigenvalue weighted by Gasteiger charge is -2.34. The highest BCUT2D eigenvalue weighted by atomic mass is 16.3. The van der Waals surface area contributed by atoms with Crippen molar-refractivity contribution in [1.82, 2.24) is 10.2 Å². The molecule has 2 saturated carbocycles. The molecular formula is C11H18N2O2. The van der Waals surface area contributed by atoms with Gasteiger partial charge >= 0.3 is 0 Å². The standard InChI is InChI=1S/C11H18N2O2/c14-10-4-3-8(10)12-9-5-6-13(11(9)15)7-1-2-7/h7-10,12,14H,1-6H2. The van der Waals surface area contributed by atoms with E-state index in [1.165, 1.54) is 12.8 Å². The first-order valence-electron chi connectivity index (χ1n) is 6.00. The Morgan fingerprint density at radius 3 is 2.53 bits per heavy atom. The Bertz CT molecular complexity index is 278. The van der Waals surface area contributed by atoms with Crippen LogP contribution in [0.4, 0.5) is 0 Å². The van der Waals surface area contributed by atoms with Crippen LogP contribution in [-0.2, 0) is 4.79 Å². The maximum absolute atomic E-state index is 12.0. The number of likely N-dealkylation sites (tertiary alicyclic amines) is 1. The second kappa shape index (κ2) is 3.46. The molecule has 3 unspecified atom stereocenters. The SMILES string of the molecule is O=C1C(NC2CCC2O)CCN1C1CC1. The van der Waals surface area contributed by atoms with Crippen LogP contribution in [-0.4, -0.2) is 46.7 Å². The summed E-state index contributed by atoms with van der Waals surface area (Å²) in [5, 5.41) is 12.7. The molecule has 84 valence electrons. The van der Waals surface area contributed by atoms with Crippen molar-refractivity contribution in [3.05, 3.63) is 0 Å². The van der Waals surface area contributed by atoms with Gasteiger partial charge in [-0.05, 0) is 32.1 Å². The summed E-state index contributed by atoms with van der Waals surface area (Å²) >= 11 is 0. The topological polar surface area (TPSA) is 52.6 Å². The Hall–Kier alpha value is -0.610. The second-order valence-corrected chi connectivity index (χ2v) is 5.02. The average molecular weight is 210 g/mol. The summed E-state index contributed by atoms with van der Waals surface area (Å²) in [5.74, 6) is 0.261. The molecule has 2 N–H and O–H groups in total. The van der Waals surface area contributed by atoms with Crippen molar-refractivity contribution in [3.8, 4) is 0 Å². The molecule has 0 spiro atoms. The summed E-state index contributed by atoms with van der Waals surface area (Å²) in [4.78, 5) is 14.0. The van der Waals surface area contributed by atoms with Crippen LogP contribution in [0, 0.1) is 0 Å². The van der Waals surface area contributed by atoms with E-state index in [0.717, 1.165) is 25.8 Å². The van der Waals surface area contributed by atoms with Crippen molar-refractivity contribution in [1.29, 1.82) is 0 Å². The number of nitrogens with one attached hydrogen (secondary N) is 1. The number of hydrogen-bond acceptors (Lipinski definition) is 3. The molecule has 3 rings (SSSR count). The highest BCUT2D eigenvalue weighted by Gasteiger charge is 2.42. The molecule has 1 heterocycles. The Kier molecular flexibility index (Phi) is 2.21. The number of rotatable bonds is 3. The van der Waals surface area contributed by atoms with Crippen LogP contribution in [0.1, 0.15) is 32.1 Å². The Labute approximate surface area is 89.6 Å². The predicted octanol–water partition coefficient (Wildman–Crippen LogP) is -0.137. The van der Waals surface area contributed by atoms with Crippen LogP contribution >= 0.6 is 0 Å². The number of nitrogens with zero attached hydrogens (tertiary/aromatic N) is 1. The normalized spacial score (nSPS) is 40.7. The smallest absolute Gasteiger partial charge is 0.240 e. The fourth-order valence-corrected chi connectivity index (χ4v) is 2.54. The summed E-state index contributed by atoms with van der Waals surface area (Å²) < 4.78 is 0. The van der Waals surface area contributed by atoms with Gasteiger partial charge in [0.25, 0.3) is 0 Å². The summed E-state index contributed by atoms with van der Waals surface area (Å²) in [5.41, 5.74) is 0. The van der Waals surface area contributed by atoms with E-state index in [1.807, 2.05) is 4.90 Å². The van der Waals surface area contributed by atoms with Crippen molar-refractivity contribution in [2.45, 2.75) is 56.3 Å². The predicted molar refractivity (Wildman–Crippen MR) is 55.3 cm³/mol. The third-order valence-electron chi connectivity index (χ3n) is 3.88. The van der Waals surface area contributed by atoms with Gasteiger partial charge in [-0.15, -0.1) is 0 Å². The molecule has 4 heteroatoms. The molecule has 3 aliphatic rings. The summed E-state index contributed by atoms with van der Waals surface area (Å²) in [6.45, 7) is 0.907. The van der Waals surface area contributed by atoms with Crippen LogP contribution in [0.2, 0.25) is 0 Å². The highest BCUT2D eigenvalue weighted by molar-refractivity contribution is 5.84. The van der Waals surface area contributed by atoms with Gasteiger partial charge in [0.05, 0.1) is 12.1 Å². The molecule has 1 aliphatic heterocycles. The first kappa shape index (κ1) is 9.60. The lowest BCUT2D eigenvalue weighted by Crippen LogP contribution is -2.53. The lowest BCUT2D eigenvalue weighted by atomic mass is 9.88. The van der Waals surface area contributed by atoms with Crippen molar-refractivity contribution in [3.63, 3.8) is 0 Å². The van der Waals surface area contributed by atoms with Crippen molar-refractivity contribution >= 4 is 5.91 Å². The maximum Gasteiger partial charge on any atom is 0.240 e. The zero-order chi connectivity index (χ0) is 10.4. The van der Waals surface area contributed by atoms with Gasteiger partial charge in [-0.3, -0.25) is 4.79 Å². The van der Waals surface area contributed by atoms with Gasteiger partial charge < -0.3 is 15.3 Å². The number of amides is 1. The van der Waals surface area contributed by atoms with E-state index >= 15 is 0 Å². The first-order chi connectivity index (χ1) is 7.25. The van der Waals surface area contributed by atoms with Crippen molar-refractivity contribution in [2.75, 3.05) is 6.54 Å². The van der Waals surface area contributed by atoms with Gasteiger partial charge in [-0.2, -0.15) is 0 Å².